The first-order valence-electron chi connectivity index (χ1n) is 13.8. The Balaban J connectivity index is 0.000000216. The minimum Gasteiger partial charge on any atom is -0.369 e. The molecule has 2 saturated carbocycles. The molecule has 0 bridgehead atoms. The molecule has 1 N–H and O–H groups in total. The Morgan fingerprint density at radius 1 is 1.07 bits per heavy atom. The average Bonchev–Trinajstić information content (AvgIpc) is 3.57. The molecule has 7 nitrogen and oxygen atoms in total. The zero-order valence-electron chi connectivity index (χ0n) is 22.6. The van der Waals surface area contributed by atoms with Crippen LogP contribution in [0.15, 0.2) is 54.7 Å². The van der Waals surface area contributed by atoms with Gasteiger partial charge in [0.15, 0.2) is 9.84 Å². The van der Waals surface area contributed by atoms with Crippen molar-refractivity contribution >= 4 is 32.8 Å². The van der Waals surface area contributed by atoms with Gasteiger partial charge in [-0.3, -0.25) is 4.79 Å². The molecule has 218 valence electrons. The van der Waals surface area contributed by atoms with E-state index in [1.165, 1.54) is 12.1 Å². The number of amides is 1. The van der Waals surface area contributed by atoms with Gasteiger partial charge in [0.1, 0.15) is 22.5 Å². The van der Waals surface area contributed by atoms with Gasteiger partial charge in [0.25, 0.3) is 0 Å². The number of sulfone groups is 1. The third kappa shape index (κ3) is 7.49. The fourth-order valence-electron chi connectivity index (χ4n) is 5.04. The smallest absolute Gasteiger partial charge is 0.224 e. The molecule has 2 heterocycles. The lowest BCUT2D eigenvalue weighted by Gasteiger charge is -2.28. The maximum atomic E-state index is 13.1. The molecule has 2 aliphatic carbocycles. The number of carbonyl (C=O) groups excluding carboxylic acids is 1. The summed E-state index contributed by atoms with van der Waals surface area (Å²) in [4.78, 5) is 19.3. The van der Waals surface area contributed by atoms with Gasteiger partial charge in [-0.1, -0.05) is 12.1 Å². The van der Waals surface area contributed by atoms with Crippen molar-refractivity contribution in [3.05, 3.63) is 60.5 Å². The SMILES string of the molecule is N#CC1(NC(=O)[C@H]2CCC[C@@H](F)C2)CC1.O=S1(=O)CCN(c2ccc(-c3cnc(-c4ccc(F)cc4)s3)cc2)CC1.[HH]. The third-order valence-corrected chi connectivity index (χ3v) is 10.5. The van der Waals surface area contributed by atoms with E-state index in [0.29, 0.717) is 25.9 Å². The molecule has 2 aromatic carbocycles. The lowest BCUT2D eigenvalue weighted by Crippen LogP contribution is -2.41. The monoisotopic (exact) mass is 600 g/mol. The normalized spacial score (nSPS) is 22.5. The second-order valence-electron chi connectivity index (χ2n) is 10.9. The zero-order valence-corrected chi connectivity index (χ0v) is 24.2. The summed E-state index contributed by atoms with van der Waals surface area (Å²) in [5, 5.41) is 12.4. The molecule has 41 heavy (non-hydrogen) atoms. The van der Waals surface area contributed by atoms with Crippen molar-refractivity contribution in [2.24, 2.45) is 5.92 Å². The molecule has 1 saturated heterocycles. The average molecular weight is 601 g/mol. The number of nitrogens with one attached hydrogen (secondary N) is 1. The third-order valence-electron chi connectivity index (χ3n) is 7.77. The van der Waals surface area contributed by atoms with Crippen LogP contribution in [0.4, 0.5) is 14.5 Å². The number of benzene rings is 2. The van der Waals surface area contributed by atoms with Crippen LogP contribution in [0.1, 0.15) is 40.0 Å². The fourth-order valence-corrected chi connectivity index (χ4v) is 7.16. The number of hydrogen-bond donors (Lipinski definition) is 1. The van der Waals surface area contributed by atoms with Gasteiger partial charge in [-0.15, -0.1) is 11.3 Å². The van der Waals surface area contributed by atoms with Gasteiger partial charge in [-0.05, 0) is 80.5 Å². The Labute approximate surface area is 244 Å². The van der Waals surface area contributed by atoms with Crippen molar-refractivity contribution < 1.29 is 23.4 Å². The van der Waals surface area contributed by atoms with Crippen LogP contribution in [0.25, 0.3) is 21.0 Å². The molecule has 1 aromatic heterocycles. The van der Waals surface area contributed by atoms with E-state index in [0.717, 1.165) is 52.4 Å². The van der Waals surface area contributed by atoms with Crippen molar-refractivity contribution in [2.45, 2.75) is 50.2 Å². The van der Waals surface area contributed by atoms with Crippen molar-refractivity contribution in [2.75, 3.05) is 29.5 Å². The summed E-state index contributed by atoms with van der Waals surface area (Å²) in [5.74, 6) is -0.183. The zero-order chi connectivity index (χ0) is 29.0. The first-order valence-corrected chi connectivity index (χ1v) is 16.4. The van der Waals surface area contributed by atoms with Gasteiger partial charge in [0.05, 0.1) is 22.5 Å². The number of alkyl halides is 1. The van der Waals surface area contributed by atoms with E-state index in [2.05, 4.69) is 21.3 Å². The van der Waals surface area contributed by atoms with Gasteiger partial charge < -0.3 is 10.2 Å². The summed E-state index contributed by atoms with van der Waals surface area (Å²) in [5.41, 5.74) is 2.38. The highest BCUT2D eigenvalue weighted by Gasteiger charge is 2.45. The van der Waals surface area contributed by atoms with Crippen LogP contribution in [0.5, 0.6) is 0 Å². The Morgan fingerprint density at radius 2 is 1.73 bits per heavy atom. The van der Waals surface area contributed by atoms with E-state index in [1.54, 1.807) is 23.5 Å². The van der Waals surface area contributed by atoms with E-state index < -0.39 is 21.5 Å². The Morgan fingerprint density at radius 3 is 2.34 bits per heavy atom. The number of anilines is 1. The highest BCUT2D eigenvalue weighted by Crippen LogP contribution is 2.36. The number of aromatic nitrogens is 1. The molecule has 3 fully saturated rings. The van der Waals surface area contributed by atoms with Crippen LogP contribution in [0.3, 0.4) is 0 Å². The molecule has 0 unspecified atom stereocenters. The number of halogens is 2. The summed E-state index contributed by atoms with van der Waals surface area (Å²) in [7, 11) is -2.87. The minimum atomic E-state index is -2.87. The number of nitrogens with zero attached hydrogens (tertiary/aromatic N) is 3. The van der Waals surface area contributed by atoms with Gasteiger partial charge >= 0.3 is 0 Å². The summed E-state index contributed by atoms with van der Waals surface area (Å²) in [6, 6.07) is 16.5. The van der Waals surface area contributed by atoms with Crippen LogP contribution in [0, 0.1) is 23.1 Å². The number of rotatable bonds is 5. The number of hydrogen-bond acceptors (Lipinski definition) is 7. The van der Waals surface area contributed by atoms with Crippen molar-refractivity contribution in [1.29, 1.82) is 5.26 Å². The fraction of sp³-hybridized carbons (Fsp3) is 0.433. The molecular weight excluding hydrogens is 566 g/mol. The van der Waals surface area contributed by atoms with Gasteiger partial charge in [0.2, 0.25) is 5.91 Å². The Kier molecular flexibility index (Phi) is 8.71. The topological polar surface area (TPSA) is 103 Å². The summed E-state index contributed by atoms with van der Waals surface area (Å²) in [6.45, 7) is 1.08. The van der Waals surface area contributed by atoms with Gasteiger partial charge in [-0.2, -0.15) is 5.26 Å². The van der Waals surface area contributed by atoms with Crippen LogP contribution in [-0.2, 0) is 14.6 Å². The molecule has 0 spiro atoms. The standard InChI is InChI=1S/C19H17FN2O2S2.C11H15FN2O.H2/c20-16-5-1-15(2-6-16)19-21-13-18(25-19)14-3-7-17(8-4-14)22-9-11-26(23,24)12-10-22;12-9-3-1-2-8(6-9)10(15)14-11(7-13)4-5-11;/h1-8,13H,9-12H2;8-9H,1-6H2,(H,14,15);1H/t;8-,9+;/m.0./s1. The predicted octanol–water partition coefficient (Wildman–Crippen LogP) is 5.78. The van der Waals surface area contributed by atoms with Crippen molar-refractivity contribution in [3.63, 3.8) is 0 Å². The molecule has 2 atom stereocenters. The lowest BCUT2D eigenvalue weighted by atomic mass is 9.87. The van der Waals surface area contributed by atoms with E-state index in [-0.39, 0.29) is 30.6 Å². The molecule has 3 aromatic rings. The van der Waals surface area contributed by atoms with Crippen molar-refractivity contribution in [1.82, 2.24) is 10.3 Å². The largest absolute Gasteiger partial charge is 0.369 e. The highest BCUT2D eigenvalue weighted by atomic mass is 32.2. The van der Waals surface area contributed by atoms with Crippen LogP contribution < -0.4 is 10.2 Å². The lowest BCUT2D eigenvalue weighted by molar-refractivity contribution is -0.127. The van der Waals surface area contributed by atoms with E-state index >= 15 is 0 Å². The van der Waals surface area contributed by atoms with E-state index in [1.807, 2.05) is 30.5 Å². The molecule has 1 aliphatic heterocycles. The number of nitriles is 1. The molecule has 6 rings (SSSR count). The van der Waals surface area contributed by atoms with Crippen LogP contribution >= 0.6 is 11.3 Å². The molecule has 0 radical (unpaired) electrons. The maximum absolute atomic E-state index is 13.1. The second-order valence-corrected chi connectivity index (χ2v) is 14.2. The molecule has 11 heteroatoms. The highest BCUT2D eigenvalue weighted by molar-refractivity contribution is 7.91. The van der Waals surface area contributed by atoms with Crippen LogP contribution in [-0.4, -0.2) is 55.6 Å². The first-order chi connectivity index (χ1) is 19.7. The van der Waals surface area contributed by atoms with Gasteiger partial charge in [-0.25, -0.2) is 22.2 Å². The predicted molar refractivity (Wildman–Crippen MR) is 158 cm³/mol. The molecular formula is C30H34F2N4O3S2. The number of thiazole rings is 1. The summed E-state index contributed by atoms with van der Waals surface area (Å²) in [6.07, 6.45) is 4.90. The Hall–Kier alpha value is -3.36. The summed E-state index contributed by atoms with van der Waals surface area (Å²) >= 11 is 1.56. The van der Waals surface area contributed by atoms with E-state index in [9.17, 15) is 22.0 Å². The van der Waals surface area contributed by atoms with Crippen LogP contribution in [0.2, 0.25) is 0 Å². The maximum Gasteiger partial charge on any atom is 0.224 e. The second kappa shape index (κ2) is 12.2. The summed E-state index contributed by atoms with van der Waals surface area (Å²) < 4.78 is 49.2. The quantitative estimate of drug-likeness (QED) is 0.398. The van der Waals surface area contributed by atoms with E-state index in [4.69, 9.17) is 5.26 Å². The first kappa shape index (κ1) is 29.1. The molecule has 1 amide bonds. The Bertz CT molecular complexity index is 1510. The van der Waals surface area contributed by atoms with Crippen molar-refractivity contribution in [3.8, 4) is 27.1 Å². The van der Waals surface area contributed by atoms with Gasteiger partial charge in [0, 0.05) is 37.9 Å². The minimum absolute atomic E-state index is 0. The number of carbonyl (C=O) groups is 1. The molecule has 3 aliphatic rings.